The van der Waals surface area contributed by atoms with Gasteiger partial charge in [-0.2, -0.15) is 0 Å². The van der Waals surface area contributed by atoms with E-state index in [1.807, 2.05) is 4.90 Å². The summed E-state index contributed by atoms with van der Waals surface area (Å²) in [6.45, 7) is 4.35. The summed E-state index contributed by atoms with van der Waals surface area (Å²) in [6.07, 6.45) is 1.50. The van der Waals surface area contributed by atoms with Crippen LogP contribution in [0, 0.1) is 0 Å². The molecule has 0 saturated carbocycles. The SMILES string of the molecule is C[C@@H]1CN(C(=O)c2ccc(Cl)cn2)CCN1.Cl.Cl. The molecule has 1 atom stereocenters. The van der Waals surface area contributed by atoms with Gasteiger partial charge in [0.05, 0.1) is 5.02 Å². The van der Waals surface area contributed by atoms with Gasteiger partial charge in [0.15, 0.2) is 0 Å². The first-order valence-electron chi connectivity index (χ1n) is 5.31. The molecule has 1 N–H and O–H groups in total. The Bertz CT molecular complexity index is 386. The van der Waals surface area contributed by atoms with Crippen molar-refractivity contribution in [1.82, 2.24) is 15.2 Å². The minimum absolute atomic E-state index is 0. The summed E-state index contributed by atoms with van der Waals surface area (Å²) in [4.78, 5) is 17.9. The van der Waals surface area contributed by atoms with E-state index in [9.17, 15) is 4.79 Å². The molecule has 2 heterocycles. The summed E-state index contributed by atoms with van der Waals surface area (Å²) >= 11 is 5.73. The van der Waals surface area contributed by atoms with Gasteiger partial charge in [0, 0.05) is 31.9 Å². The molecule has 1 amide bonds. The molecule has 0 radical (unpaired) electrons. The molecule has 1 saturated heterocycles. The van der Waals surface area contributed by atoms with Crippen LogP contribution in [0.5, 0.6) is 0 Å². The highest BCUT2D eigenvalue weighted by molar-refractivity contribution is 6.30. The van der Waals surface area contributed by atoms with E-state index in [0.29, 0.717) is 16.8 Å². The van der Waals surface area contributed by atoms with Crippen molar-refractivity contribution < 1.29 is 4.79 Å². The van der Waals surface area contributed by atoms with E-state index >= 15 is 0 Å². The monoisotopic (exact) mass is 311 g/mol. The lowest BCUT2D eigenvalue weighted by molar-refractivity contribution is 0.0703. The molecule has 1 aliphatic heterocycles. The van der Waals surface area contributed by atoms with Crippen LogP contribution in [0.3, 0.4) is 0 Å². The molecule has 2 rings (SSSR count). The van der Waals surface area contributed by atoms with Crippen molar-refractivity contribution in [3.63, 3.8) is 0 Å². The molecular formula is C11H16Cl3N3O. The van der Waals surface area contributed by atoms with Crippen molar-refractivity contribution >= 4 is 42.3 Å². The first kappa shape index (κ1) is 17.4. The Kier molecular flexibility index (Phi) is 7.55. The zero-order valence-corrected chi connectivity index (χ0v) is 12.3. The lowest BCUT2D eigenvalue weighted by atomic mass is 10.2. The van der Waals surface area contributed by atoms with Gasteiger partial charge in [0.25, 0.3) is 5.91 Å². The summed E-state index contributed by atoms with van der Waals surface area (Å²) < 4.78 is 0. The third kappa shape index (κ3) is 4.28. The lowest BCUT2D eigenvalue weighted by Gasteiger charge is -2.31. The van der Waals surface area contributed by atoms with Crippen molar-refractivity contribution in [2.24, 2.45) is 0 Å². The molecule has 18 heavy (non-hydrogen) atoms. The van der Waals surface area contributed by atoms with E-state index in [-0.39, 0.29) is 30.7 Å². The average Bonchev–Trinajstić information content (AvgIpc) is 2.29. The number of carbonyl (C=O) groups is 1. The van der Waals surface area contributed by atoms with Crippen molar-refractivity contribution in [2.75, 3.05) is 19.6 Å². The topological polar surface area (TPSA) is 45.2 Å². The predicted molar refractivity (Wildman–Crippen MR) is 77.1 cm³/mol. The number of hydrogen-bond acceptors (Lipinski definition) is 3. The molecule has 102 valence electrons. The summed E-state index contributed by atoms with van der Waals surface area (Å²) in [5.41, 5.74) is 0.457. The molecule has 0 spiro atoms. The van der Waals surface area contributed by atoms with Crippen molar-refractivity contribution in [3.8, 4) is 0 Å². The molecule has 0 unspecified atom stereocenters. The normalized spacial score (nSPS) is 18.6. The van der Waals surface area contributed by atoms with Gasteiger partial charge in [0.2, 0.25) is 0 Å². The van der Waals surface area contributed by atoms with Crippen LogP contribution in [0.2, 0.25) is 5.02 Å². The van der Waals surface area contributed by atoms with Gasteiger partial charge < -0.3 is 10.2 Å². The fraction of sp³-hybridized carbons (Fsp3) is 0.455. The number of amides is 1. The standard InChI is InChI=1S/C11H14ClN3O.2ClH/c1-8-7-15(5-4-13-8)11(16)10-3-2-9(12)6-14-10;;/h2-3,6,8,13H,4-5,7H2,1H3;2*1H/t8-;;/m1../s1. The van der Waals surface area contributed by atoms with Crippen molar-refractivity contribution in [3.05, 3.63) is 29.0 Å². The number of rotatable bonds is 1. The predicted octanol–water partition coefficient (Wildman–Crippen LogP) is 2.01. The van der Waals surface area contributed by atoms with Gasteiger partial charge in [-0.05, 0) is 19.1 Å². The maximum atomic E-state index is 12.0. The van der Waals surface area contributed by atoms with Gasteiger partial charge in [-0.25, -0.2) is 4.98 Å². The highest BCUT2D eigenvalue weighted by Crippen LogP contribution is 2.09. The van der Waals surface area contributed by atoms with E-state index in [4.69, 9.17) is 11.6 Å². The molecule has 0 bridgehead atoms. The lowest BCUT2D eigenvalue weighted by Crippen LogP contribution is -2.51. The highest BCUT2D eigenvalue weighted by Gasteiger charge is 2.22. The van der Waals surface area contributed by atoms with Gasteiger partial charge in [-0.3, -0.25) is 4.79 Å². The number of piperazine rings is 1. The second-order valence-electron chi connectivity index (χ2n) is 3.97. The summed E-state index contributed by atoms with van der Waals surface area (Å²) in [7, 11) is 0. The third-order valence-electron chi connectivity index (χ3n) is 2.60. The largest absolute Gasteiger partial charge is 0.334 e. The number of halogens is 3. The number of hydrogen-bond donors (Lipinski definition) is 1. The Morgan fingerprint density at radius 2 is 2.22 bits per heavy atom. The van der Waals surface area contributed by atoms with Crippen LogP contribution >= 0.6 is 36.4 Å². The highest BCUT2D eigenvalue weighted by atomic mass is 35.5. The van der Waals surface area contributed by atoms with E-state index in [2.05, 4.69) is 17.2 Å². The number of carbonyl (C=O) groups excluding carboxylic acids is 1. The number of nitrogens with one attached hydrogen (secondary N) is 1. The summed E-state index contributed by atoms with van der Waals surface area (Å²) in [6, 6.07) is 3.69. The number of nitrogens with zero attached hydrogens (tertiary/aromatic N) is 2. The van der Waals surface area contributed by atoms with Gasteiger partial charge in [0.1, 0.15) is 5.69 Å². The second kappa shape index (κ2) is 7.79. The zero-order valence-electron chi connectivity index (χ0n) is 9.93. The molecule has 4 nitrogen and oxygen atoms in total. The fourth-order valence-corrected chi connectivity index (χ4v) is 1.89. The maximum Gasteiger partial charge on any atom is 0.272 e. The van der Waals surface area contributed by atoms with E-state index in [1.165, 1.54) is 6.20 Å². The minimum atomic E-state index is -0.0231. The molecule has 1 fully saturated rings. The van der Waals surface area contributed by atoms with E-state index in [0.717, 1.165) is 19.6 Å². The van der Waals surface area contributed by atoms with Crippen LogP contribution in [-0.4, -0.2) is 41.5 Å². The molecular weight excluding hydrogens is 296 g/mol. The third-order valence-corrected chi connectivity index (χ3v) is 2.83. The smallest absolute Gasteiger partial charge is 0.272 e. The Morgan fingerprint density at radius 3 is 2.78 bits per heavy atom. The van der Waals surface area contributed by atoms with Crippen LogP contribution in [0.25, 0.3) is 0 Å². The van der Waals surface area contributed by atoms with Crippen LogP contribution in [0.15, 0.2) is 18.3 Å². The Labute approximate surface area is 124 Å². The average molecular weight is 313 g/mol. The van der Waals surface area contributed by atoms with Crippen molar-refractivity contribution in [1.29, 1.82) is 0 Å². The van der Waals surface area contributed by atoms with E-state index in [1.54, 1.807) is 12.1 Å². The molecule has 0 aromatic carbocycles. The van der Waals surface area contributed by atoms with Crippen LogP contribution in [0.1, 0.15) is 17.4 Å². The summed E-state index contributed by atoms with van der Waals surface area (Å²) in [5.74, 6) is -0.0231. The van der Waals surface area contributed by atoms with Crippen LogP contribution < -0.4 is 5.32 Å². The Balaban J connectivity index is 0.00000144. The molecule has 1 aromatic rings. The van der Waals surface area contributed by atoms with E-state index < -0.39 is 0 Å². The molecule has 7 heteroatoms. The fourth-order valence-electron chi connectivity index (χ4n) is 1.78. The molecule has 1 aliphatic rings. The zero-order chi connectivity index (χ0) is 11.5. The number of pyridine rings is 1. The van der Waals surface area contributed by atoms with Gasteiger partial charge in [-0.15, -0.1) is 24.8 Å². The Morgan fingerprint density at radius 1 is 1.50 bits per heavy atom. The quantitative estimate of drug-likeness (QED) is 0.863. The second-order valence-corrected chi connectivity index (χ2v) is 4.40. The molecule has 0 aliphatic carbocycles. The van der Waals surface area contributed by atoms with Crippen LogP contribution in [0.4, 0.5) is 0 Å². The first-order valence-corrected chi connectivity index (χ1v) is 5.69. The summed E-state index contributed by atoms with van der Waals surface area (Å²) in [5, 5.41) is 3.84. The molecule has 1 aromatic heterocycles. The maximum absolute atomic E-state index is 12.0. The van der Waals surface area contributed by atoms with Gasteiger partial charge >= 0.3 is 0 Å². The minimum Gasteiger partial charge on any atom is -0.334 e. The van der Waals surface area contributed by atoms with Crippen LogP contribution in [-0.2, 0) is 0 Å². The van der Waals surface area contributed by atoms with Crippen molar-refractivity contribution in [2.45, 2.75) is 13.0 Å². The number of aromatic nitrogens is 1. The Hall–Kier alpha value is -0.550. The van der Waals surface area contributed by atoms with Gasteiger partial charge in [-0.1, -0.05) is 11.6 Å². The first-order chi connectivity index (χ1) is 7.66.